The van der Waals surface area contributed by atoms with Gasteiger partial charge in [0.25, 0.3) is 0 Å². The quantitative estimate of drug-likeness (QED) is 0.710. The highest BCUT2D eigenvalue weighted by molar-refractivity contribution is 6.18. The van der Waals surface area contributed by atoms with Crippen molar-refractivity contribution in [3.05, 3.63) is 35.4 Å². The van der Waals surface area contributed by atoms with Crippen molar-refractivity contribution in [3.63, 3.8) is 0 Å². The molecule has 0 aliphatic heterocycles. The van der Waals surface area contributed by atoms with Crippen molar-refractivity contribution in [1.82, 2.24) is 4.90 Å². The van der Waals surface area contributed by atoms with E-state index >= 15 is 0 Å². The largest absolute Gasteiger partial charge is 0.296 e. The Labute approximate surface area is 98.0 Å². The molecule has 0 heterocycles. The Balaban J connectivity index is 2.70. The fourth-order valence-corrected chi connectivity index (χ4v) is 1.60. The molecule has 1 aromatic carbocycles. The van der Waals surface area contributed by atoms with E-state index in [4.69, 9.17) is 11.6 Å². The minimum absolute atomic E-state index is 0.0469. The second-order valence-electron chi connectivity index (χ2n) is 4.79. The molecule has 1 aromatic rings. The topological polar surface area (TPSA) is 3.24 Å². The van der Waals surface area contributed by atoms with Crippen LogP contribution in [0.5, 0.6) is 0 Å². The Hall–Kier alpha value is -0.530. The molecule has 0 atom stereocenters. The van der Waals surface area contributed by atoms with Gasteiger partial charge in [-0.3, -0.25) is 4.90 Å². The van der Waals surface area contributed by atoms with Gasteiger partial charge in [-0.2, -0.15) is 0 Å². The lowest BCUT2D eigenvalue weighted by atomic mass is 10.0. The summed E-state index contributed by atoms with van der Waals surface area (Å²) < 4.78 is 0. The highest BCUT2D eigenvalue weighted by Gasteiger charge is 2.21. The highest BCUT2D eigenvalue weighted by Crippen LogP contribution is 2.17. The van der Waals surface area contributed by atoms with Crippen LogP contribution < -0.4 is 0 Å². The van der Waals surface area contributed by atoms with E-state index in [0.717, 1.165) is 6.54 Å². The zero-order valence-corrected chi connectivity index (χ0v) is 10.8. The van der Waals surface area contributed by atoms with Gasteiger partial charge < -0.3 is 0 Å². The van der Waals surface area contributed by atoms with E-state index < -0.39 is 0 Å². The molecule has 0 aliphatic carbocycles. The molecule has 0 unspecified atom stereocenters. The smallest absolute Gasteiger partial charge is 0.0402 e. The van der Waals surface area contributed by atoms with Gasteiger partial charge in [-0.15, -0.1) is 11.6 Å². The van der Waals surface area contributed by atoms with Gasteiger partial charge in [0.1, 0.15) is 0 Å². The lowest BCUT2D eigenvalue weighted by Crippen LogP contribution is -2.42. The predicted octanol–water partition coefficient (Wildman–Crippen LogP) is 3.44. The molecule has 1 nitrogen and oxygen atoms in total. The van der Waals surface area contributed by atoms with Crippen LogP contribution in [0.3, 0.4) is 0 Å². The van der Waals surface area contributed by atoms with E-state index in [1.807, 2.05) is 0 Å². The predicted molar refractivity (Wildman–Crippen MR) is 67.4 cm³/mol. The molecule has 0 bridgehead atoms. The van der Waals surface area contributed by atoms with Crippen molar-refractivity contribution in [1.29, 1.82) is 0 Å². The first-order valence-electron chi connectivity index (χ1n) is 5.28. The minimum Gasteiger partial charge on any atom is -0.296 e. The van der Waals surface area contributed by atoms with Gasteiger partial charge in [-0.05, 0) is 33.4 Å². The van der Waals surface area contributed by atoms with E-state index in [2.05, 4.69) is 57.0 Å². The molecular formula is C13H20ClN. The third-order valence-electron chi connectivity index (χ3n) is 2.86. The van der Waals surface area contributed by atoms with E-state index in [1.54, 1.807) is 0 Å². The normalized spacial score (nSPS) is 12.1. The summed E-state index contributed by atoms with van der Waals surface area (Å²) in [5.41, 5.74) is 2.70. The van der Waals surface area contributed by atoms with E-state index in [-0.39, 0.29) is 5.54 Å². The molecule has 0 aromatic heterocycles. The zero-order chi connectivity index (χ0) is 11.5. The van der Waals surface area contributed by atoms with Crippen LogP contribution in [0.25, 0.3) is 0 Å². The summed E-state index contributed by atoms with van der Waals surface area (Å²) in [6.45, 7) is 7.39. The maximum absolute atomic E-state index is 5.94. The molecule has 0 amide bonds. The van der Waals surface area contributed by atoms with Crippen LogP contribution in [0.4, 0.5) is 0 Å². The Bertz CT molecular complexity index is 320. The van der Waals surface area contributed by atoms with Crippen LogP contribution in [0.1, 0.15) is 25.0 Å². The standard InChI is InChI=1S/C13H20ClN/c1-11-6-5-7-12(8-11)9-15(4)13(2,3)10-14/h5-8H,9-10H2,1-4H3. The summed E-state index contributed by atoms with van der Waals surface area (Å²) in [7, 11) is 2.12. The van der Waals surface area contributed by atoms with E-state index in [9.17, 15) is 0 Å². The van der Waals surface area contributed by atoms with Crippen molar-refractivity contribution in [2.75, 3.05) is 12.9 Å². The molecule has 15 heavy (non-hydrogen) atoms. The number of benzene rings is 1. The SMILES string of the molecule is Cc1cccc(CN(C)C(C)(C)CCl)c1. The zero-order valence-electron chi connectivity index (χ0n) is 10.0. The fourth-order valence-electron chi connectivity index (χ4n) is 1.40. The van der Waals surface area contributed by atoms with Gasteiger partial charge in [-0.25, -0.2) is 0 Å². The monoisotopic (exact) mass is 225 g/mol. The molecule has 0 spiro atoms. The average Bonchev–Trinajstić information content (AvgIpc) is 2.17. The van der Waals surface area contributed by atoms with Crippen LogP contribution in [0, 0.1) is 6.92 Å². The maximum Gasteiger partial charge on any atom is 0.0402 e. The maximum atomic E-state index is 5.94. The Kier molecular flexibility index (Phi) is 4.18. The van der Waals surface area contributed by atoms with Crippen molar-refractivity contribution < 1.29 is 0 Å². The summed E-state index contributed by atoms with van der Waals surface area (Å²) >= 11 is 5.94. The molecule has 0 radical (unpaired) electrons. The molecule has 84 valence electrons. The van der Waals surface area contributed by atoms with Crippen molar-refractivity contribution in [3.8, 4) is 0 Å². The molecule has 0 fully saturated rings. The van der Waals surface area contributed by atoms with Crippen molar-refractivity contribution >= 4 is 11.6 Å². The fraction of sp³-hybridized carbons (Fsp3) is 0.538. The summed E-state index contributed by atoms with van der Waals surface area (Å²) in [6.07, 6.45) is 0. The van der Waals surface area contributed by atoms with Crippen LogP contribution >= 0.6 is 11.6 Å². The molecule has 0 aliphatic rings. The Morgan fingerprint density at radius 1 is 1.33 bits per heavy atom. The lowest BCUT2D eigenvalue weighted by Gasteiger charge is -2.33. The number of nitrogens with zero attached hydrogens (tertiary/aromatic N) is 1. The number of halogens is 1. The first-order valence-corrected chi connectivity index (χ1v) is 5.82. The van der Waals surface area contributed by atoms with Crippen LogP contribution in [-0.4, -0.2) is 23.4 Å². The highest BCUT2D eigenvalue weighted by atomic mass is 35.5. The number of hydrogen-bond acceptors (Lipinski definition) is 1. The van der Waals surface area contributed by atoms with Crippen molar-refractivity contribution in [2.45, 2.75) is 32.9 Å². The summed E-state index contributed by atoms with van der Waals surface area (Å²) in [5.74, 6) is 0.648. The Morgan fingerprint density at radius 2 is 2.00 bits per heavy atom. The Morgan fingerprint density at radius 3 is 2.53 bits per heavy atom. The molecule has 2 heteroatoms. The number of aryl methyl sites for hydroxylation is 1. The molecule has 0 saturated heterocycles. The van der Waals surface area contributed by atoms with Gasteiger partial charge in [-0.1, -0.05) is 29.8 Å². The molecule has 0 N–H and O–H groups in total. The summed E-state index contributed by atoms with van der Waals surface area (Å²) in [5, 5.41) is 0. The third kappa shape index (κ3) is 3.51. The second-order valence-corrected chi connectivity index (χ2v) is 5.06. The third-order valence-corrected chi connectivity index (χ3v) is 3.52. The van der Waals surface area contributed by atoms with Gasteiger partial charge in [0.05, 0.1) is 0 Å². The second kappa shape index (κ2) is 5.00. The van der Waals surface area contributed by atoms with Crippen LogP contribution in [0.15, 0.2) is 24.3 Å². The molecular weight excluding hydrogens is 206 g/mol. The van der Waals surface area contributed by atoms with E-state index in [0.29, 0.717) is 5.88 Å². The van der Waals surface area contributed by atoms with E-state index in [1.165, 1.54) is 11.1 Å². The summed E-state index contributed by atoms with van der Waals surface area (Å²) in [6, 6.07) is 8.61. The number of alkyl halides is 1. The first-order chi connectivity index (χ1) is 6.95. The number of rotatable bonds is 4. The van der Waals surface area contributed by atoms with Crippen LogP contribution in [0.2, 0.25) is 0 Å². The first kappa shape index (κ1) is 12.5. The molecule has 1 rings (SSSR count). The summed E-state index contributed by atoms with van der Waals surface area (Å²) in [4.78, 5) is 2.29. The lowest BCUT2D eigenvalue weighted by molar-refractivity contribution is 0.171. The number of hydrogen-bond donors (Lipinski definition) is 0. The average molecular weight is 226 g/mol. The molecule has 0 saturated carbocycles. The van der Waals surface area contributed by atoms with Crippen molar-refractivity contribution in [2.24, 2.45) is 0 Å². The van der Waals surface area contributed by atoms with Gasteiger partial charge in [0.15, 0.2) is 0 Å². The van der Waals surface area contributed by atoms with Gasteiger partial charge >= 0.3 is 0 Å². The van der Waals surface area contributed by atoms with Gasteiger partial charge in [0.2, 0.25) is 0 Å². The van der Waals surface area contributed by atoms with Crippen LogP contribution in [-0.2, 0) is 6.54 Å². The van der Waals surface area contributed by atoms with Gasteiger partial charge in [0, 0.05) is 18.0 Å². The minimum atomic E-state index is 0.0469.